The Morgan fingerprint density at radius 2 is 2.06 bits per heavy atom. The number of pyridine rings is 1. The van der Waals surface area contributed by atoms with Crippen LogP contribution in [0.2, 0.25) is 0 Å². The first-order valence-corrected chi connectivity index (χ1v) is 11.0. The fourth-order valence-corrected chi connectivity index (χ4v) is 5.65. The molecule has 0 spiro atoms. The van der Waals surface area contributed by atoms with Gasteiger partial charge in [0.25, 0.3) is 0 Å². The third kappa shape index (κ3) is 3.16. The fourth-order valence-electron chi connectivity index (χ4n) is 4.39. The lowest BCUT2D eigenvalue weighted by molar-refractivity contribution is 0.101. The minimum atomic E-state index is -0.841. The summed E-state index contributed by atoms with van der Waals surface area (Å²) in [5.41, 5.74) is 8.77. The van der Waals surface area contributed by atoms with Crippen LogP contribution in [0.4, 0.5) is 8.78 Å². The number of thiophene rings is 1. The molecule has 9 heteroatoms. The average Bonchev–Trinajstić information content (AvgIpc) is 3.48. The Hall–Kier alpha value is -3.03. The predicted octanol–water partition coefficient (Wildman–Crippen LogP) is 6.23. The zero-order chi connectivity index (χ0) is 21.9. The molecule has 1 atom stereocenters. The van der Waals surface area contributed by atoms with Gasteiger partial charge in [-0.1, -0.05) is 5.11 Å². The Balaban J connectivity index is 1.78. The molecule has 6 nitrogen and oxygen atoms in total. The van der Waals surface area contributed by atoms with Gasteiger partial charge in [0.1, 0.15) is 5.82 Å². The van der Waals surface area contributed by atoms with E-state index in [2.05, 4.69) is 10.0 Å². The SMILES string of the molecule is CC(=O)c1cn(C2CC2)c2c(F)c(-c3cc4c(s3)CCCC4N=[N+]=[N-])cc(F)c2c1=O. The number of carbonyl (C=O) groups is 1. The molecule has 1 unspecified atom stereocenters. The van der Waals surface area contributed by atoms with Crippen LogP contribution in [0, 0.1) is 11.6 Å². The molecule has 1 fully saturated rings. The topological polar surface area (TPSA) is 87.8 Å². The summed E-state index contributed by atoms with van der Waals surface area (Å²) in [6.45, 7) is 1.25. The summed E-state index contributed by atoms with van der Waals surface area (Å²) in [7, 11) is 0. The number of rotatable bonds is 4. The van der Waals surface area contributed by atoms with E-state index in [-0.39, 0.29) is 34.1 Å². The highest BCUT2D eigenvalue weighted by atomic mass is 32.1. The van der Waals surface area contributed by atoms with Crippen molar-refractivity contribution in [2.75, 3.05) is 0 Å². The minimum absolute atomic E-state index is 0.0590. The van der Waals surface area contributed by atoms with Crippen LogP contribution in [0.25, 0.3) is 31.8 Å². The Bertz CT molecular complexity index is 1370. The van der Waals surface area contributed by atoms with Crippen molar-refractivity contribution in [2.45, 2.75) is 51.1 Å². The van der Waals surface area contributed by atoms with Crippen molar-refractivity contribution in [1.82, 2.24) is 4.57 Å². The molecule has 2 heterocycles. The standard InChI is InChI=1S/C22H18F2N4O2S/c1-10(29)14-9-28(11-5-6-11)21-19(22(14)30)15(23)7-13(20(21)24)18-8-12-16(26-27-25)3-2-4-17(12)31-18/h7-9,11,16H,2-6H2,1H3. The number of azide groups is 1. The van der Waals surface area contributed by atoms with E-state index >= 15 is 8.78 Å². The van der Waals surface area contributed by atoms with Crippen molar-refractivity contribution in [3.05, 3.63) is 66.6 Å². The summed E-state index contributed by atoms with van der Waals surface area (Å²) < 4.78 is 32.6. The molecule has 1 aromatic carbocycles. The highest BCUT2D eigenvalue weighted by molar-refractivity contribution is 7.15. The van der Waals surface area contributed by atoms with Gasteiger partial charge in [-0.25, -0.2) is 8.78 Å². The minimum Gasteiger partial charge on any atom is -0.341 e. The maximum Gasteiger partial charge on any atom is 0.203 e. The van der Waals surface area contributed by atoms with Crippen molar-refractivity contribution >= 4 is 28.0 Å². The van der Waals surface area contributed by atoms with Crippen LogP contribution in [-0.2, 0) is 6.42 Å². The third-order valence-corrected chi connectivity index (χ3v) is 7.29. The van der Waals surface area contributed by atoms with Crippen molar-refractivity contribution in [3.8, 4) is 10.4 Å². The largest absolute Gasteiger partial charge is 0.341 e. The van der Waals surface area contributed by atoms with Gasteiger partial charge in [0.05, 0.1) is 22.5 Å². The molecule has 0 aliphatic heterocycles. The van der Waals surface area contributed by atoms with E-state index in [0.717, 1.165) is 48.6 Å². The summed E-state index contributed by atoms with van der Waals surface area (Å²) in [4.78, 5) is 29.2. The Morgan fingerprint density at radius 1 is 1.29 bits per heavy atom. The zero-order valence-corrected chi connectivity index (χ0v) is 17.5. The summed E-state index contributed by atoms with van der Waals surface area (Å²) in [6, 6.07) is 2.44. The van der Waals surface area contributed by atoms with E-state index in [1.54, 1.807) is 10.6 Å². The van der Waals surface area contributed by atoms with Crippen LogP contribution in [0.15, 0.2) is 28.2 Å². The van der Waals surface area contributed by atoms with Gasteiger partial charge in [0.15, 0.2) is 11.6 Å². The molecule has 5 rings (SSSR count). The second-order valence-corrected chi connectivity index (χ2v) is 9.25. The summed E-state index contributed by atoms with van der Waals surface area (Å²) in [5, 5.41) is 3.47. The van der Waals surface area contributed by atoms with Crippen LogP contribution in [0.1, 0.15) is 65.5 Å². The van der Waals surface area contributed by atoms with Crippen molar-refractivity contribution in [1.29, 1.82) is 0 Å². The molecule has 3 aromatic rings. The number of halogens is 2. The van der Waals surface area contributed by atoms with Crippen LogP contribution in [0.5, 0.6) is 0 Å². The average molecular weight is 440 g/mol. The number of Topliss-reactive ketones (excluding diaryl/α,β-unsaturated/α-hetero) is 1. The van der Waals surface area contributed by atoms with E-state index in [9.17, 15) is 9.59 Å². The lowest BCUT2D eigenvalue weighted by Crippen LogP contribution is -2.19. The van der Waals surface area contributed by atoms with E-state index < -0.39 is 22.8 Å². The fraction of sp³-hybridized carbons (Fsp3) is 0.364. The second-order valence-electron chi connectivity index (χ2n) is 8.11. The number of fused-ring (bicyclic) bond motifs is 2. The van der Waals surface area contributed by atoms with E-state index in [1.807, 2.05) is 0 Å². The molecule has 158 valence electrons. The van der Waals surface area contributed by atoms with Gasteiger partial charge in [-0.15, -0.1) is 11.3 Å². The number of hydrogen-bond acceptors (Lipinski definition) is 4. The van der Waals surface area contributed by atoms with Crippen molar-refractivity contribution < 1.29 is 13.6 Å². The van der Waals surface area contributed by atoms with Gasteiger partial charge in [0.2, 0.25) is 5.43 Å². The number of benzene rings is 1. The molecule has 31 heavy (non-hydrogen) atoms. The molecule has 2 aromatic heterocycles. The summed E-state index contributed by atoms with van der Waals surface area (Å²) in [6.07, 6.45) is 5.30. The van der Waals surface area contributed by atoms with E-state index in [1.165, 1.54) is 24.5 Å². The van der Waals surface area contributed by atoms with Crippen LogP contribution >= 0.6 is 11.3 Å². The number of hydrogen-bond donors (Lipinski definition) is 0. The third-order valence-electron chi connectivity index (χ3n) is 6.05. The van der Waals surface area contributed by atoms with Crippen LogP contribution in [0.3, 0.4) is 0 Å². The van der Waals surface area contributed by atoms with Gasteiger partial charge >= 0.3 is 0 Å². The predicted molar refractivity (Wildman–Crippen MR) is 115 cm³/mol. The molecule has 0 N–H and O–H groups in total. The van der Waals surface area contributed by atoms with Gasteiger partial charge in [-0.05, 0) is 62.3 Å². The number of ketones is 1. The van der Waals surface area contributed by atoms with Gasteiger partial charge in [-0.3, -0.25) is 9.59 Å². The Labute approximate surface area is 179 Å². The first kappa shape index (κ1) is 19.9. The Morgan fingerprint density at radius 3 is 2.74 bits per heavy atom. The second kappa shape index (κ2) is 7.28. The maximum atomic E-state index is 15.8. The van der Waals surface area contributed by atoms with Crippen molar-refractivity contribution in [3.63, 3.8) is 0 Å². The number of carbonyl (C=O) groups excluding carboxylic acids is 1. The maximum absolute atomic E-state index is 15.8. The smallest absolute Gasteiger partial charge is 0.203 e. The summed E-state index contributed by atoms with van der Waals surface area (Å²) >= 11 is 1.36. The monoisotopic (exact) mass is 440 g/mol. The van der Waals surface area contributed by atoms with Crippen molar-refractivity contribution in [2.24, 2.45) is 5.11 Å². The molecule has 1 saturated carbocycles. The van der Waals surface area contributed by atoms with E-state index in [4.69, 9.17) is 5.53 Å². The highest BCUT2D eigenvalue weighted by Gasteiger charge is 2.31. The molecule has 0 bridgehead atoms. The van der Waals surface area contributed by atoms with Crippen LogP contribution in [-0.4, -0.2) is 10.4 Å². The number of aryl methyl sites for hydroxylation is 1. The molecule has 0 amide bonds. The molecular weight excluding hydrogens is 422 g/mol. The zero-order valence-electron chi connectivity index (χ0n) is 16.7. The lowest BCUT2D eigenvalue weighted by Gasteiger charge is -2.17. The molecular formula is C22H18F2N4O2S. The molecule has 2 aliphatic rings. The van der Waals surface area contributed by atoms with Gasteiger partial charge in [0, 0.05) is 32.5 Å². The highest BCUT2D eigenvalue weighted by Crippen LogP contribution is 2.44. The first-order valence-electron chi connectivity index (χ1n) is 10.2. The summed E-state index contributed by atoms with van der Waals surface area (Å²) in [5.74, 6) is -1.98. The molecule has 0 saturated heterocycles. The normalized spacial score (nSPS) is 18.0. The van der Waals surface area contributed by atoms with Crippen LogP contribution < -0.4 is 5.43 Å². The number of aromatic nitrogens is 1. The first-order chi connectivity index (χ1) is 14.9. The van der Waals surface area contributed by atoms with E-state index in [0.29, 0.717) is 4.88 Å². The molecule has 0 radical (unpaired) electrons. The molecule has 2 aliphatic carbocycles. The number of nitrogens with zero attached hydrogens (tertiary/aromatic N) is 4. The lowest BCUT2D eigenvalue weighted by atomic mass is 9.94. The van der Waals surface area contributed by atoms with Gasteiger partial charge in [-0.2, -0.15) is 0 Å². The quantitative estimate of drug-likeness (QED) is 0.208. The Kier molecular flexibility index (Phi) is 4.68. The van der Waals surface area contributed by atoms with Gasteiger partial charge < -0.3 is 4.57 Å².